The standard InChI is InChI=1S/C24H15ClN2O6/c25-20-14-17(27(30)31)7-10-19(20)22-12-9-18(33-22)8-11-21(28)15-3-5-16(6-4-15)26-24(29)23-2-1-13-32-23/h1-14H,(H,26,29). The lowest BCUT2D eigenvalue weighted by atomic mass is 10.1. The predicted molar refractivity (Wildman–Crippen MR) is 122 cm³/mol. The average molecular weight is 463 g/mol. The van der Waals surface area contributed by atoms with E-state index in [1.54, 1.807) is 48.5 Å². The fourth-order valence-electron chi connectivity index (χ4n) is 2.98. The second-order valence-corrected chi connectivity index (χ2v) is 7.24. The Balaban J connectivity index is 1.41. The van der Waals surface area contributed by atoms with Crippen molar-refractivity contribution in [3.05, 3.63) is 111 Å². The molecule has 0 radical (unpaired) electrons. The number of carbonyl (C=O) groups excluding carboxylic acids is 2. The highest BCUT2D eigenvalue weighted by molar-refractivity contribution is 6.33. The number of nitrogens with zero attached hydrogens (tertiary/aromatic N) is 1. The Morgan fingerprint density at radius 1 is 1.03 bits per heavy atom. The molecule has 0 aliphatic carbocycles. The number of hydrogen-bond donors (Lipinski definition) is 1. The first-order valence-corrected chi connectivity index (χ1v) is 10.00. The third-order valence-corrected chi connectivity index (χ3v) is 4.94. The van der Waals surface area contributed by atoms with Gasteiger partial charge in [0, 0.05) is 28.9 Å². The maximum absolute atomic E-state index is 12.5. The van der Waals surface area contributed by atoms with Crippen LogP contribution in [0.3, 0.4) is 0 Å². The highest BCUT2D eigenvalue weighted by Gasteiger charge is 2.13. The van der Waals surface area contributed by atoms with Crippen molar-refractivity contribution < 1.29 is 23.3 Å². The molecule has 2 aromatic heterocycles. The van der Waals surface area contributed by atoms with Gasteiger partial charge in [-0.05, 0) is 66.7 Å². The number of nitro benzene ring substituents is 1. The van der Waals surface area contributed by atoms with Crippen LogP contribution in [0.5, 0.6) is 0 Å². The number of hydrogen-bond acceptors (Lipinski definition) is 6. The van der Waals surface area contributed by atoms with Crippen LogP contribution >= 0.6 is 11.6 Å². The fourth-order valence-corrected chi connectivity index (χ4v) is 3.24. The van der Waals surface area contributed by atoms with E-state index in [1.807, 2.05) is 0 Å². The van der Waals surface area contributed by atoms with E-state index in [2.05, 4.69) is 5.32 Å². The molecule has 0 bridgehead atoms. The SMILES string of the molecule is O=C(C=Cc1ccc(-c2ccc([N+](=O)[O-])cc2Cl)o1)c1ccc(NC(=O)c2ccco2)cc1. The number of nitro groups is 1. The molecule has 0 aliphatic rings. The number of allylic oxidation sites excluding steroid dienone is 1. The Morgan fingerprint density at radius 3 is 2.48 bits per heavy atom. The molecule has 0 atom stereocenters. The largest absolute Gasteiger partial charge is 0.459 e. The molecule has 9 heteroatoms. The van der Waals surface area contributed by atoms with Gasteiger partial charge < -0.3 is 14.2 Å². The molecule has 1 amide bonds. The molecule has 2 heterocycles. The molecule has 164 valence electrons. The number of anilines is 1. The zero-order valence-corrected chi connectivity index (χ0v) is 17.6. The zero-order chi connectivity index (χ0) is 23.4. The van der Waals surface area contributed by atoms with Crippen molar-refractivity contribution in [3.8, 4) is 11.3 Å². The molecule has 1 N–H and O–H groups in total. The van der Waals surface area contributed by atoms with Crippen LogP contribution in [0.25, 0.3) is 17.4 Å². The summed E-state index contributed by atoms with van der Waals surface area (Å²) in [4.78, 5) is 34.8. The minimum Gasteiger partial charge on any atom is -0.459 e. The Hall–Kier alpha value is -4.43. The lowest BCUT2D eigenvalue weighted by molar-refractivity contribution is -0.384. The summed E-state index contributed by atoms with van der Waals surface area (Å²) in [6, 6.07) is 17.0. The van der Waals surface area contributed by atoms with Crippen LogP contribution in [0.2, 0.25) is 5.02 Å². The molecule has 0 fully saturated rings. The first-order valence-electron chi connectivity index (χ1n) is 9.62. The number of ketones is 1. The predicted octanol–water partition coefficient (Wildman–Crippen LogP) is 6.25. The van der Waals surface area contributed by atoms with E-state index in [0.717, 1.165) is 0 Å². The first-order chi connectivity index (χ1) is 15.9. The van der Waals surface area contributed by atoms with E-state index < -0.39 is 4.92 Å². The highest BCUT2D eigenvalue weighted by Crippen LogP contribution is 2.32. The number of amides is 1. The summed E-state index contributed by atoms with van der Waals surface area (Å²) in [5.74, 6) is 0.366. The Morgan fingerprint density at radius 2 is 1.82 bits per heavy atom. The maximum atomic E-state index is 12.5. The van der Waals surface area contributed by atoms with Gasteiger partial charge in [0.05, 0.1) is 16.2 Å². The van der Waals surface area contributed by atoms with Gasteiger partial charge in [0.1, 0.15) is 11.5 Å². The monoisotopic (exact) mass is 462 g/mol. The fraction of sp³-hybridized carbons (Fsp3) is 0. The van der Waals surface area contributed by atoms with Crippen LogP contribution in [0, 0.1) is 10.1 Å². The van der Waals surface area contributed by atoms with Gasteiger partial charge in [0.15, 0.2) is 11.5 Å². The lowest BCUT2D eigenvalue weighted by Crippen LogP contribution is -2.10. The Kier molecular flexibility index (Phi) is 6.19. The van der Waals surface area contributed by atoms with E-state index in [9.17, 15) is 19.7 Å². The number of halogens is 1. The number of benzene rings is 2. The third-order valence-electron chi connectivity index (χ3n) is 4.63. The molecule has 0 aliphatic heterocycles. The van der Waals surface area contributed by atoms with Crippen molar-refractivity contribution in [2.75, 3.05) is 5.32 Å². The first kappa shape index (κ1) is 21.8. The van der Waals surface area contributed by atoms with Crippen LogP contribution in [0.15, 0.2) is 87.9 Å². The van der Waals surface area contributed by atoms with E-state index in [-0.39, 0.29) is 28.2 Å². The summed E-state index contributed by atoms with van der Waals surface area (Å²) >= 11 is 6.13. The molecule has 0 saturated heterocycles. The van der Waals surface area contributed by atoms with Crippen LogP contribution in [-0.4, -0.2) is 16.6 Å². The number of non-ortho nitro benzene ring substituents is 1. The van der Waals surface area contributed by atoms with Gasteiger partial charge in [-0.2, -0.15) is 0 Å². The molecular formula is C24H15ClN2O6. The van der Waals surface area contributed by atoms with Gasteiger partial charge >= 0.3 is 0 Å². The van der Waals surface area contributed by atoms with Gasteiger partial charge in [0.2, 0.25) is 0 Å². The summed E-state index contributed by atoms with van der Waals surface area (Å²) in [6.07, 6.45) is 4.28. The van der Waals surface area contributed by atoms with E-state index >= 15 is 0 Å². The summed E-state index contributed by atoms with van der Waals surface area (Å²) in [7, 11) is 0. The van der Waals surface area contributed by atoms with Crippen molar-refractivity contribution in [3.63, 3.8) is 0 Å². The number of carbonyl (C=O) groups is 2. The van der Waals surface area contributed by atoms with E-state index in [0.29, 0.717) is 28.3 Å². The molecule has 8 nitrogen and oxygen atoms in total. The van der Waals surface area contributed by atoms with Gasteiger partial charge in [-0.3, -0.25) is 19.7 Å². The van der Waals surface area contributed by atoms with E-state index in [1.165, 1.54) is 36.6 Å². The quantitative estimate of drug-likeness (QED) is 0.150. The smallest absolute Gasteiger partial charge is 0.291 e. The van der Waals surface area contributed by atoms with Crippen molar-refractivity contribution in [1.29, 1.82) is 0 Å². The van der Waals surface area contributed by atoms with Crippen LogP contribution in [-0.2, 0) is 0 Å². The van der Waals surface area contributed by atoms with Crippen molar-refractivity contribution >= 4 is 40.7 Å². The zero-order valence-electron chi connectivity index (χ0n) is 16.9. The minimum atomic E-state index is -0.531. The lowest BCUT2D eigenvalue weighted by Gasteiger charge is -2.03. The third kappa shape index (κ3) is 5.08. The summed E-state index contributed by atoms with van der Waals surface area (Å²) in [6.45, 7) is 0. The van der Waals surface area contributed by atoms with Crippen LogP contribution in [0.4, 0.5) is 11.4 Å². The van der Waals surface area contributed by atoms with Crippen LogP contribution in [0.1, 0.15) is 26.7 Å². The molecular weight excluding hydrogens is 448 g/mol. The van der Waals surface area contributed by atoms with Crippen molar-refractivity contribution in [2.24, 2.45) is 0 Å². The number of furan rings is 2. The second kappa shape index (κ2) is 9.37. The molecule has 4 aromatic rings. The summed E-state index contributed by atoms with van der Waals surface area (Å²) < 4.78 is 10.7. The topological polar surface area (TPSA) is 116 Å². The van der Waals surface area contributed by atoms with Gasteiger partial charge in [-0.25, -0.2) is 0 Å². The molecule has 0 spiro atoms. The highest BCUT2D eigenvalue weighted by atomic mass is 35.5. The molecule has 0 unspecified atom stereocenters. The van der Waals surface area contributed by atoms with Gasteiger partial charge in [0.25, 0.3) is 11.6 Å². The minimum absolute atomic E-state index is 0.118. The Bertz CT molecular complexity index is 1350. The molecule has 4 rings (SSSR count). The normalized spacial score (nSPS) is 10.9. The number of nitrogens with one attached hydrogen (secondary N) is 1. The molecule has 0 saturated carbocycles. The molecule has 2 aromatic carbocycles. The summed E-state index contributed by atoms with van der Waals surface area (Å²) in [5.41, 5.74) is 1.33. The van der Waals surface area contributed by atoms with E-state index in [4.69, 9.17) is 20.4 Å². The van der Waals surface area contributed by atoms with Crippen molar-refractivity contribution in [2.45, 2.75) is 0 Å². The van der Waals surface area contributed by atoms with Gasteiger partial charge in [-0.1, -0.05) is 11.6 Å². The number of rotatable bonds is 7. The van der Waals surface area contributed by atoms with Crippen molar-refractivity contribution in [1.82, 2.24) is 0 Å². The maximum Gasteiger partial charge on any atom is 0.291 e. The summed E-state index contributed by atoms with van der Waals surface area (Å²) in [5, 5.41) is 13.7. The van der Waals surface area contributed by atoms with Crippen LogP contribution < -0.4 is 5.32 Å². The molecule has 33 heavy (non-hydrogen) atoms. The van der Waals surface area contributed by atoms with Gasteiger partial charge in [-0.15, -0.1) is 0 Å². The second-order valence-electron chi connectivity index (χ2n) is 6.83. The Labute approximate surface area is 192 Å². The average Bonchev–Trinajstić information content (AvgIpc) is 3.50.